The van der Waals surface area contributed by atoms with E-state index in [0.29, 0.717) is 47.8 Å². The highest BCUT2D eigenvalue weighted by Crippen LogP contribution is 2.38. The summed E-state index contributed by atoms with van der Waals surface area (Å²) < 4.78 is 28.0. The second kappa shape index (κ2) is 15.8. The van der Waals surface area contributed by atoms with E-state index >= 15 is 0 Å². The Morgan fingerprint density at radius 2 is 1.33 bits per heavy atom. The van der Waals surface area contributed by atoms with Crippen LogP contribution in [0, 0.1) is 10.8 Å². The van der Waals surface area contributed by atoms with Gasteiger partial charge in [0, 0.05) is 16.7 Å². The van der Waals surface area contributed by atoms with Gasteiger partial charge in [-0.15, -0.1) is 13.2 Å². The summed E-state index contributed by atoms with van der Waals surface area (Å²) in [5, 5.41) is 0. The van der Waals surface area contributed by atoms with E-state index < -0.39 is 10.8 Å². The van der Waals surface area contributed by atoms with Crippen LogP contribution >= 0.6 is 0 Å². The number of ketones is 1. The molecule has 0 bridgehead atoms. The molecule has 0 aliphatic rings. The zero-order valence-corrected chi connectivity index (χ0v) is 26.4. The van der Waals surface area contributed by atoms with E-state index in [-0.39, 0.29) is 31.3 Å². The summed E-state index contributed by atoms with van der Waals surface area (Å²) in [5.74, 6) is 0.565. The van der Waals surface area contributed by atoms with Gasteiger partial charge in [0.25, 0.3) is 0 Å². The van der Waals surface area contributed by atoms with Crippen LogP contribution in [0.2, 0.25) is 0 Å². The molecule has 0 unspecified atom stereocenters. The lowest BCUT2D eigenvalue weighted by Gasteiger charge is -2.22. The predicted octanol–water partition coefficient (Wildman–Crippen LogP) is 7.29. The van der Waals surface area contributed by atoms with Crippen molar-refractivity contribution in [1.29, 1.82) is 0 Å². The van der Waals surface area contributed by atoms with Crippen molar-refractivity contribution in [3.63, 3.8) is 0 Å². The monoisotopic (exact) mass is 592 g/mol. The average Bonchev–Trinajstić information content (AvgIpc) is 2.94. The normalized spacial score (nSPS) is 11.5. The van der Waals surface area contributed by atoms with E-state index in [9.17, 15) is 14.4 Å². The van der Waals surface area contributed by atoms with Gasteiger partial charge in [0.1, 0.15) is 17.2 Å². The molecule has 2 rings (SSSR count). The summed E-state index contributed by atoms with van der Waals surface area (Å²) in [4.78, 5) is 37.2. The Balaban J connectivity index is 2.31. The van der Waals surface area contributed by atoms with Crippen molar-refractivity contribution in [3.05, 3.63) is 84.0 Å². The van der Waals surface area contributed by atoms with Crippen LogP contribution in [-0.4, -0.2) is 37.9 Å². The Labute approximate surface area is 255 Å². The number of benzene rings is 2. The molecule has 43 heavy (non-hydrogen) atoms. The number of hydrogen-bond acceptors (Lipinski definition) is 8. The van der Waals surface area contributed by atoms with E-state index in [2.05, 4.69) is 13.2 Å². The van der Waals surface area contributed by atoms with E-state index in [1.165, 1.54) is 6.08 Å². The van der Waals surface area contributed by atoms with Gasteiger partial charge in [0.15, 0.2) is 5.78 Å². The first kappa shape index (κ1) is 34.9. The van der Waals surface area contributed by atoms with Crippen molar-refractivity contribution >= 4 is 23.8 Å². The quantitative estimate of drug-likeness (QED) is 0.0699. The summed E-state index contributed by atoms with van der Waals surface area (Å²) in [5.41, 5.74) is 1.37. The topological polar surface area (TPSA) is 97.4 Å². The molecule has 8 heteroatoms. The first-order chi connectivity index (χ1) is 20.2. The Hall–Kier alpha value is -4.33. The van der Waals surface area contributed by atoms with Gasteiger partial charge in [-0.2, -0.15) is 0 Å². The standard InChI is InChI=1S/C35H44O8/c1-10-13-25-21-26(30(39-12-3)28(14-11-2)31(25)41-23-43-33(38)35(7,8)9)17-20-29(36)24-15-18-27(19-16-24)40-22-42-32(37)34(4,5)6/h10-11,15-21H,1-2,12-14,22-23H2,3-9H3. The molecule has 0 aromatic heterocycles. The summed E-state index contributed by atoms with van der Waals surface area (Å²) in [6, 6.07) is 8.43. The largest absolute Gasteiger partial charge is 0.493 e. The zero-order valence-electron chi connectivity index (χ0n) is 26.4. The molecule has 8 nitrogen and oxygen atoms in total. The summed E-state index contributed by atoms with van der Waals surface area (Å²) in [7, 11) is 0. The smallest absolute Gasteiger partial charge is 0.314 e. The second-order valence-corrected chi connectivity index (χ2v) is 11.8. The van der Waals surface area contributed by atoms with Crippen LogP contribution in [0.1, 0.15) is 75.5 Å². The minimum Gasteiger partial charge on any atom is -0.493 e. The molecule has 0 radical (unpaired) electrons. The maximum atomic E-state index is 13.0. The molecule has 0 aliphatic heterocycles. The fourth-order valence-corrected chi connectivity index (χ4v) is 3.75. The Morgan fingerprint density at radius 3 is 1.84 bits per heavy atom. The van der Waals surface area contributed by atoms with Crippen LogP contribution in [0.25, 0.3) is 6.08 Å². The van der Waals surface area contributed by atoms with Crippen LogP contribution in [0.4, 0.5) is 0 Å². The van der Waals surface area contributed by atoms with Crippen LogP contribution in [0.5, 0.6) is 17.2 Å². The molecule has 2 aromatic rings. The van der Waals surface area contributed by atoms with Crippen LogP contribution in [-0.2, 0) is 31.9 Å². The molecule has 0 saturated carbocycles. The van der Waals surface area contributed by atoms with Crippen molar-refractivity contribution < 1.29 is 38.1 Å². The average molecular weight is 593 g/mol. The lowest BCUT2D eigenvalue weighted by Crippen LogP contribution is -2.25. The number of esters is 2. The minimum atomic E-state index is -0.663. The minimum absolute atomic E-state index is 0.220. The highest BCUT2D eigenvalue weighted by Gasteiger charge is 2.25. The summed E-state index contributed by atoms with van der Waals surface area (Å²) >= 11 is 0. The summed E-state index contributed by atoms with van der Waals surface area (Å²) in [6.07, 6.45) is 7.54. The number of rotatable bonds is 15. The molecule has 0 fully saturated rings. The van der Waals surface area contributed by atoms with Gasteiger partial charge >= 0.3 is 11.9 Å². The first-order valence-electron chi connectivity index (χ1n) is 14.2. The van der Waals surface area contributed by atoms with Crippen molar-refractivity contribution in [2.24, 2.45) is 10.8 Å². The SMILES string of the molecule is C=CCc1cc(C=CC(=O)c2ccc(OCOC(=O)C(C)(C)C)cc2)c(OCC)c(CC=C)c1OCOC(=O)C(C)(C)C. The Morgan fingerprint density at radius 1 is 0.767 bits per heavy atom. The number of carbonyl (C=O) groups excluding carboxylic acids is 3. The lowest BCUT2D eigenvalue weighted by molar-refractivity contribution is -0.160. The molecule has 0 aliphatic carbocycles. The molecule has 0 atom stereocenters. The van der Waals surface area contributed by atoms with Gasteiger partial charge in [0.05, 0.1) is 17.4 Å². The maximum Gasteiger partial charge on any atom is 0.314 e. The van der Waals surface area contributed by atoms with Gasteiger partial charge < -0.3 is 23.7 Å². The van der Waals surface area contributed by atoms with E-state index in [1.807, 2.05) is 13.0 Å². The zero-order chi connectivity index (χ0) is 32.2. The van der Waals surface area contributed by atoms with Crippen LogP contribution in [0.3, 0.4) is 0 Å². The van der Waals surface area contributed by atoms with Crippen molar-refractivity contribution in [2.75, 3.05) is 20.2 Å². The number of allylic oxidation sites excluding steroid dienone is 3. The Bertz CT molecular complexity index is 1320. The van der Waals surface area contributed by atoms with Gasteiger partial charge in [0.2, 0.25) is 13.6 Å². The fraction of sp³-hybridized carbons (Fsp3) is 0.400. The molecular formula is C35H44O8. The third-order valence-electron chi connectivity index (χ3n) is 6.02. The van der Waals surface area contributed by atoms with Crippen LogP contribution < -0.4 is 14.2 Å². The molecule has 2 aromatic carbocycles. The van der Waals surface area contributed by atoms with Crippen molar-refractivity contribution in [3.8, 4) is 17.2 Å². The Kier molecular flexibility index (Phi) is 12.8. The van der Waals surface area contributed by atoms with E-state index in [4.69, 9.17) is 23.7 Å². The van der Waals surface area contributed by atoms with Crippen molar-refractivity contribution in [2.45, 2.75) is 61.3 Å². The molecule has 232 valence electrons. The molecular weight excluding hydrogens is 548 g/mol. The van der Waals surface area contributed by atoms with E-state index in [0.717, 1.165) is 11.1 Å². The molecule has 0 heterocycles. The lowest BCUT2D eigenvalue weighted by atomic mass is 9.97. The molecule has 0 amide bonds. The number of carbonyl (C=O) groups is 3. The third-order valence-corrected chi connectivity index (χ3v) is 6.02. The molecule has 0 spiro atoms. The highest BCUT2D eigenvalue weighted by molar-refractivity contribution is 6.07. The molecule has 0 saturated heterocycles. The molecule has 0 N–H and O–H groups in total. The van der Waals surface area contributed by atoms with E-state index in [1.54, 1.807) is 84.0 Å². The number of hydrogen-bond donors (Lipinski definition) is 0. The predicted molar refractivity (Wildman–Crippen MR) is 167 cm³/mol. The summed E-state index contributed by atoms with van der Waals surface area (Å²) in [6.45, 7) is 20.1. The first-order valence-corrected chi connectivity index (χ1v) is 14.2. The van der Waals surface area contributed by atoms with Gasteiger partial charge in [-0.25, -0.2) is 0 Å². The van der Waals surface area contributed by atoms with Gasteiger partial charge in [-0.3, -0.25) is 14.4 Å². The van der Waals surface area contributed by atoms with Crippen molar-refractivity contribution in [1.82, 2.24) is 0 Å². The number of ether oxygens (including phenoxy) is 5. The highest BCUT2D eigenvalue weighted by atomic mass is 16.7. The van der Waals surface area contributed by atoms with Gasteiger partial charge in [-0.05, 0) is 109 Å². The fourth-order valence-electron chi connectivity index (χ4n) is 3.75. The maximum absolute atomic E-state index is 13.0. The van der Waals surface area contributed by atoms with Gasteiger partial charge in [-0.1, -0.05) is 12.2 Å². The third kappa shape index (κ3) is 10.5. The van der Waals surface area contributed by atoms with Crippen LogP contribution in [0.15, 0.2) is 61.7 Å². The second-order valence-electron chi connectivity index (χ2n) is 11.8.